The van der Waals surface area contributed by atoms with E-state index in [-0.39, 0.29) is 0 Å². The number of nitrogens with zero attached hydrogens (tertiary/aromatic N) is 1. The molecule has 0 saturated heterocycles. The minimum absolute atomic E-state index is 0.429. The molecule has 1 aromatic heterocycles. The number of methoxy groups -OCH3 is 1. The molecule has 5 heteroatoms. The van der Waals surface area contributed by atoms with Crippen LogP contribution >= 0.6 is 0 Å². The molecular weight excluding hydrogens is 222 g/mol. The molecule has 0 aliphatic heterocycles. The average Bonchev–Trinajstić information content (AvgIpc) is 2.35. The van der Waals surface area contributed by atoms with Crippen LogP contribution in [-0.4, -0.2) is 44.8 Å². The summed E-state index contributed by atoms with van der Waals surface area (Å²) < 4.78 is 15.5. The van der Waals surface area contributed by atoms with E-state index < -0.39 is 0 Å². The Morgan fingerprint density at radius 3 is 2.71 bits per heavy atom. The Labute approximate surface area is 101 Å². The molecule has 94 valence electrons. The molecule has 0 radical (unpaired) electrons. The zero-order valence-electron chi connectivity index (χ0n) is 10.1. The zero-order chi connectivity index (χ0) is 12.5. The first-order chi connectivity index (χ1) is 8.27. The maximum absolute atomic E-state index is 10.5. The number of rotatable bonds is 8. The van der Waals surface area contributed by atoms with Crippen molar-refractivity contribution >= 4 is 6.29 Å². The molecule has 1 heterocycles. The summed E-state index contributed by atoms with van der Waals surface area (Å²) in [5, 5.41) is 0. The molecule has 0 spiro atoms. The second-order valence-corrected chi connectivity index (χ2v) is 3.46. The minimum Gasteiger partial charge on any atom is -0.475 e. The fourth-order valence-electron chi connectivity index (χ4n) is 1.24. The highest BCUT2D eigenvalue weighted by Crippen LogP contribution is 2.14. The van der Waals surface area contributed by atoms with Crippen molar-refractivity contribution in [2.45, 2.75) is 6.92 Å². The molecule has 0 fully saturated rings. The first-order valence-electron chi connectivity index (χ1n) is 5.39. The number of hydrogen-bond acceptors (Lipinski definition) is 5. The average molecular weight is 239 g/mol. The molecule has 1 aromatic rings. The summed E-state index contributed by atoms with van der Waals surface area (Å²) in [7, 11) is 1.63. The van der Waals surface area contributed by atoms with E-state index in [0.717, 1.165) is 11.8 Å². The van der Waals surface area contributed by atoms with Gasteiger partial charge in [-0.25, -0.2) is 4.98 Å². The van der Waals surface area contributed by atoms with Gasteiger partial charge in [0.25, 0.3) is 0 Å². The summed E-state index contributed by atoms with van der Waals surface area (Å²) in [5.41, 5.74) is 1.39. The van der Waals surface area contributed by atoms with Crippen LogP contribution in [-0.2, 0) is 9.47 Å². The van der Waals surface area contributed by atoms with E-state index in [1.807, 2.05) is 6.92 Å². The quantitative estimate of drug-likeness (QED) is 0.504. The highest BCUT2D eigenvalue weighted by Gasteiger charge is 2.02. The van der Waals surface area contributed by atoms with Crippen molar-refractivity contribution in [2.24, 2.45) is 0 Å². The van der Waals surface area contributed by atoms with E-state index in [2.05, 4.69) is 4.98 Å². The van der Waals surface area contributed by atoms with Crippen LogP contribution in [0.3, 0.4) is 0 Å². The van der Waals surface area contributed by atoms with Crippen LogP contribution in [0.1, 0.15) is 15.9 Å². The molecule has 0 aliphatic rings. The lowest BCUT2D eigenvalue weighted by atomic mass is 10.2. The molecule has 0 N–H and O–H groups in total. The Morgan fingerprint density at radius 1 is 1.29 bits per heavy atom. The number of aldehydes is 1. The highest BCUT2D eigenvalue weighted by molar-refractivity contribution is 5.74. The smallest absolute Gasteiger partial charge is 0.216 e. The molecule has 1 rings (SSSR count). The Kier molecular flexibility index (Phi) is 6.21. The molecular formula is C12H17NO4. The minimum atomic E-state index is 0.429. The topological polar surface area (TPSA) is 57.6 Å². The molecule has 0 atom stereocenters. The fourth-order valence-corrected chi connectivity index (χ4v) is 1.24. The molecule has 0 amide bonds. The van der Waals surface area contributed by atoms with Gasteiger partial charge < -0.3 is 14.2 Å². The third-order valence-corrected chi connectivity index (χ3v) is 2.09. The number of pyridine rings is 1. The highest BCUT2D eigenvalue weighted by atomic mass is 16.5. The molecule has 0 unspecified atom stereocenters. The number of hydrogen-bond donors (Lipinski definition) is 0. The summed E-state index contributed by atoms with van der Waals surface area (Å²) in [6, 6.07) is 1.74. The van der Waals surface area contributed by atoms with E-state index in [0.29, 0.717) is 37.9 Å². The van der Waals surface area contributed by atoms with Crippen LogP contribution in [0.4, 0.5) is 0 Å². The zero-order valence-corrected chi connectivity index (χ0v) is 10.1. The van der Waals surface area contributed by atoms with E-state index >= 15 is 0 Å². The lowest BCUT2D eigenvalue weighted by Gasteiger charge is -2.08. The largest absolute Gasteiger partial charge is 0.475 e. The summed E-state index contributed by atoms with van der Waals surface area (Å²) in [4.78, 5) is 14.6. The van der Waals surface area contributed by atoms with E-state index in [1.54, 1.807) is 13.2 Å². The fraction of sp³-hybridized carbons (Fsp3) is 0.500. The van der Waals surface area contributed by atoms with Crippen LogP contribution in [0, 0.1) is 6.92 Å². The van der Waals surface area contributed by atoms with Gasteiger partial charge in [-0.2, -0.15) is 0 Å². The third-order valence-electron chi connectivity index (χ3n) is 2.09. The van der Waals surface area contributed by atoms with Crippen molar-refractivity contribution in [1.82, 2.24) is 4.98 Å². The van der Waals surface area contributed by atoms with Crippen LogP contribution in [0.2, 0.25) is 0 Å². The van der Waals surface area contributed by atoms with Crippen LogP contribution in [0.25, 0.3) is 0 Å². The summed E-state index contributed by atoms with van der Waals surface area (Å²) in [5.74, 6) is 0.533. The van der Waals surface area contributed by atoms with Crippen LogP contribution in [0.5, 0.6) is 5.88 Å². The Balaban J connectivity index is 2.29. The van der Waals surface area contributed by atoms with Crippen molar-refractivity contribution in [3.63, 3.8) is 0 Å². The second kappa shape index (κ2) is 7.76. The first-order valence-corrected chi connectivity index (χ1v) is 5.39. The first kappa shape index (κ1) is 13.6. The maximum atomic E-state index is 10.5. The van der Waals surface area contributed by atoms with Crippen LogP contribution < -0.4 is 4.74 Å². The van der Waals surface area contributed by atoms with Crippen molar-refractivity contribution in [2.75, 3.05) is 33.5 Å². The molecule has 0 aliphatic carbocycles. The number of aryl methyl sites for hydroxylation is 1. The predicted molar refractivity (Wildman–Crippen MR) is 62.6 cm³/mol. The van der Waals surface area contributed by atoms with Gasteiger partial charge in [-0.3, -0.25) is 4.79 Å². The number of aromatic nitrogens is 1. The van der Waals surface area contributed by atoms with E-state index in [9.17, 15) is 4.79 Å². The van der Waals surface area contributed by atoms with Gasteiger partial charge in [0.2, 0.25) is 5.88 Å². The third kappa shape index (κ3) is 4.93. The van der Waals surface area contributed by atoms with Crippen LogP contribution in [0.15, 0.2) is 12.3 Å². The van der Waals surface area contributed by atoms with E-state index in [1.165, 1.54) is 6.20 Å². The number of carbonyl (C=O) groups is 1. The Hall–Kier alpha value is -1.46. The molecule has 0 aromatic carbocycles. The van der Waals surface area contributed by atoms with Gasteiger partial charge >= 0.3 is 0 Å². The van der Waals surface area contributed by atoms with Crippen molar-refractivity contribution in [3.8, 4) is 5.88 Å². The number of ether oxygens (including phenoxy) is 3. The monoisotopic (exact) mass is 239 g/mol. The SMILES string of the molecule is COCCOCCOc1ncc(C=O)cc1C. The summed E-state index contributed by atoms with van der Waals surface area (Å²) >= 11 is 0. The van der Waals surface area contributed by atoms with Crippen molar-refractivity contribution in [3.05, 3.63) is 23.4 Å². The van der Waals surface area contributed by atoms with Gasteiger partial charge in [-0.15, -0.1) is 0 Å². The molecule has 0 bridgehead atoms. The standard InChI is InChI=1S/C12H17NO4/c1-10-7-11(9-14)8-13-12(10)17-6-5-16-4-3-15-2/h7-9H,3-6H2,1-2H3. The van der Waals surface area contributed by atoms with Gasteiger partial charge in [0, 0.05) is 24.4 Å². The Bertz CT molecular complexity index is 354. The summed E-state index contributed by atoms with van der Waals surface area (Å²) in [6.45, 7) is 3.89. The number of carbonyl (C=O) groups excluding carboxylic acids is 1. The molecule has 0 saturated carbocycles. The lowest BCUT2D eigenvalue weighted by Crippen LogP contribution is -2.11. The lowest BCUT2D eigenvalue weighted by molar-refractivity contribution is 0.0535. The van der Waals surface area contributed by atoms with Crippen molar-refractivity contribution in [1.29, 1.82) is 0 Å². The maximum Gasteiger partial charge on any atom is 0.216 e. The van der Waals surface area contributed by atoms with Crippen molar-refractivity contribution < 1.29 is 19.0 Å². The predicted octanol–water partition coefficient (Wildman–Crippen LogP) is 1.24. The second-order valence-electron chi connectivity index (χ2n) is 3.46. The normalized spacial score (nSPS) is 10.2. The van der Waals surface area contributed by atoms with Gasteiger partial charge in [-0.05, 0) is 13.0 Å². The van der Waals surface area contributed by atoms with Gasteiger partial charge in [0.15, 0.2) is 6.29 Å². The molecule has 17 heavy (non-hydrogen) atoms. The van der Waals surface area contributed by atoms with Gasteiger partial charge in [0.05, 0.1) is 19.8 Å². The van der Waals surface area contributed by atoms with Gasteiger partial charge in [-0.1, -0.05) is 0 Å². The van der Waals surface area contributed by atoms with Gasteiger partial charge in [0.1, 0.15) is 6.61 Å². The Morgan fingerprint density at radius 2 is 2.06 bits per heavy atom. The molecule has 5 nitrogen and oxygen atoms in total. The summed E-state index contributed by atoms with van der Waals surface area (Å²) in [6.07, 6.45) is 2.25. The van der Waals surface area contributed by atoms with E-state index in [4.69, 9.17) is 14.2 Å².